The Morgan fingerprint density at radius 1 is 1.29 bits per heavy atom. The van der Waals surface area contributed by atoms with E-state index in [1.807, 2.05) is 11.8 Å². The molecule has 3 aliphatic rings. The molecule has 11 heteroatoms. The zero-order chi connectivity index (χ0) is 29.0. The summed E-state index contributed by atoms with van der Waals surface area (Å²) in [6, 6.07) is 7.68. The van der Waals surface area contributed by atoms with Gasteiger partial charge in [-0.1, -0.05) is 24.2 Å². The predicted molar refractivity (Wildman–Crippen MR) is 157 cm³/mol. The van der Waals surface area contributed by atoms with Crippen molar-refractivity contribution < 1.29 is 13.9 Å². The second kappa shape index (κ2) is 10.4. The number of carbonyl (C=O) groups is 1. The van der Waals surface area contributed by atoms with Crippen molar-refractivity contribution in [3.8, 4) is 22.9 Å². The minimum absolute atomic E-state index is 0.00327. The first-order chi connectivity index (χ1) is 19.7. The Morgan fingerprint density at radius 3 is 2.71 bits per heavy atom. The number of nitrogen functional groups attached to an aromatic ring is 1. The van der Waals surface area contributed by atoms with Crippen LogP contribution in [0.5, 0.6) is 5.75 Å². The van der Waals surface area contributed by atoms with E-state index in [1.54, 1.807) is 21.6 Å². The smallest absolute Gasteiger partial charge is 0.271 e. The third-order valence-corrected chi connectivity index (χ3v) is 8.68. The lowest BCUT2D eigenvalue weighted by molar-refractivity contribution is -0.126. The van der Waals surface area contributed by atoms with Gasteiger partial charge in [-0.2, -0.15) is 5.26 Å². The number of likely N-dealkylation sites (tertiary alicyclic amines) is 1. The number of amides is 1. The van der Waals surface area contributed by atoms with Crippen LogP contribution in [0.3, 0.4) is 0 Å². The molecule has 212 valence electrons. The van der Waals surface area contributed by atoms with Crippen molar-refractivity contribution in [1.82, 2.24) is 14.4 Å². The molecule has 1 unspecified atom stereocenters. The Bertz CT molecular complexity index is 1670. The van der Waals surface area contributed by atoms with Gasteiger partial charge < -0.3 is 25.2 Å². The van der Waals surface area contributed by atoms with E-state index in [9.17, 15) is 14.9 Å². The highest BCUT2D eigenvalue weighted by atomic mass is 35.5. The summed E-state index contributed by atoms with van der Waals surface area (Å²) in [4.78, 5) is 32.4. The maximum Gasteiger partial charge on any atom is 0.271 e. The fourth-order valence-electron chi connectivity index (χ4n) is 6.29. The van der Waals surface area contributed by atoms with Gasteiger partial charge in [0.2, 0.25) is 5.91 Å². The van der Waals surface area contributed by atoms with E-state index in [-0.39, 0.29) is 57.7 Å². The van der Waals surface area contributed by atoms with E-state index >= 15 is 4.39 Å². The van der Waals surface area contributed by atoms with Gasteiger partial charge in [0.05, 0.1) is 22.3 Å². The number of benzene rings is 2. The van der Waals surface area contributed by atoms with Crippen molar-refractivity contribution in [3.63, 3.8) is 0 Å². The molecule has 2 aromatic carbocycles. The second-order valence-corrected chi connectivity index (χ2v) is 11.2. The molecule has 9 nitrogen and oxygen atoms in total. The average Bonchev–Trinajstić information content (AvgIpc) is 2.93. The largest absolute Gasteiger partial charge is 0.488 e. The minimum Gasteiger partial charge on any atom is -0.488 e. The van der Waals surface area contributed by atoms with Crippen molar-refractivity contribution in [2.75, 3.05) is 56.5 Å². The normalized spacial score (nSPS) is 20.3. The van der Waals surface area contributed by atoms with Gasteiger partial charge in [0.15, 0.2) is 5.75 Å². The highest BCUT2D eigenvalue weighted by Gasteiger charge is 2.37. The molecule has 1 aromatic heterocycles. The molecular formula is C30H30ClFN6O3. The zero-order valence-electron chi connectivity index (χ0n) is 22.7. The van der Waals surface area contributed by atoms with E-state index in [0.29, 0.717) is 42.8 Å². The summed E-state index contributed by atoms with van der Waals surface area (Å²) in [5.74, 6) is -0.473. The molecule has 3 aromatic rings. The molecule has 1 amide bonds. The van der Waals surface area contributed by atoms with Crippen LogP contribution in [0.2, 0.25) is 5.02 Å². The first-order valence-corrected chi connectivity index (χ1v) is 14.0. The highest BCUT2D eigenvalue weighted by molar-refractivity contribution is 6.35. The standard InChI is InChI=1S/C30H30ClFN6O3/c1-3-24(39)36-10-11-37(17(2)14-36)27-19-12-21(31)25(26-22(32)6-4-7-23(26)34)29-28(19)38(30(40)20(27)13-33)18(16-41-29)15-35-8-5-9-35/h3-4,6-7,12,17-18H,1,5,8-11,14-16,34H2,2H3/t17-,18?/m0/s1. The molecule has 0 saturated carbocycles. The third-order valence-electron chi connectivity index (χ3n) is 8.38. The van der Waals surface area contributed by atoms with E-state index < -0.39 is 11.4 Å². The number of nitriles is 1. The lowest BCUT2D eigenvalue weighted by Crippen LogP contribution is -2.54. The van der Waals surface area contributed by atoms with Gasteiger partial charge in [-0.25, -0.2) is 4.39 Å². The zero-order valence-corrected chi connectivity index (χ0v) is 23.5. The van der Waals surface area contributed by atoms with Gasteiger partial charge in [0, 0.05) is 54.4 Å². The van der Waals surface area contributed by atoms with Crippen LogP contribution in [0.25, 0.3) is 22.0 Å². The Labute approximate surface area is 241 Å². The van der Waals surface area contributed by atoms with Crippen molar-refractivity contribution in [1.29, 1.82) is 5.26 Å². The molecule has 0 radical (unpaired) electrons. The van der Waals surface area contributed by atoms with Gasteiger partial charge in [-0.05, 0) is 50.7 Å². The Hall–Kier alpha value is -4.07. The summed E-state index contributed by atoms with van der Waals surface area (Å²) in [7, 11) is 0. The lowest BCUT2D eigenvalue weighted by atomic mass is 9.95. The Morgan fingerprint density at radius 2 is 2.07 bits per heavy atom. The van der Waals surface area contributed by atoms with Crippen LogP contribution in [-0.2, 0) is 4.79 Å². The SMILES string of the molecule is C=CC(=O)N1CCN(c2c(C#N)c(=O)n3c4c(c(-c5c(N)cccc5F)c(Cl)cc24)OCC3CN2CCC2)[C@@H](C)C1. The minimum atomic E-state index is -0.562. The number of hydrogen-bond donors (Lipinski definition) is 1. The topological polar surface area (TPSA) is 108 Å². The molecule has 2 atom stereocenters. The molecule has 4 heterocycles. The quantitative estimate of drug-likeness (QED) is 0.364. The molecule has 0 spiro atoms. The molecule has 2 fully saturated rings. The molecule has 41 heavy (non-hydrogen) atoms. The summed E-state index contributed by atoms with van der Waals surface area (Å²) in [6.07, 6.45) is 2.37. The van der Waals surface area contributed by atoms with Crippen LogP contribution in [0, 0.1) is 17.1 Å². The summed E-state index contributed by atoms with van der Waals surface area (Å²) in [5.41, 5.74) is 7.26. The predicted octanol–water partition coefficient (Wildman–Crippen LogP) is 3.78. The number of carbonyl (C=O) groups excluding carboxylic acids is 1. The highest BCUT2D eigenvalue weighted by Crippen LogP contribution is 2.49. The molecule has 3 aliphatic heterocycles. The van der Waals surface area contributed by atoms with Gasteiger partial charge in [0.1, 0.15) is 24.1 Å². The van der Waals surface area contributed by atoms with E-state index in [4.69, 9.17) is 22.1 Å². The molecule has 2 N–H and O–H groups in total. The van der Waals surface area contributed by atoms with Crippen molar-refractivity contribution >= 4 is 39.8 Å². The van der Waals surface area contributed by atoms with Crippen LogP contribution >= 0.6 is 11.6 Å². The van der Waals surface area contributed by atoms with Crippen LogP contribution in [-0.4, -0.2) is 72.2 Å². The molecular weight excluding hydrogens is 547 g/mol. The number of hydrogen-bond acceptors (Lipinski definition) is 7. The van der Waals surface area contributed by atoms with Gasteiger partial charge >= 0.3 is 0 Å². The number of anilines is 2. The number of rotatable bonds is 5. The second-order valence-electron chi connectivity index (χ2n) is 10.8. The maximum absolute atomic E-state index is 15.2. The molecule has 2 saturated heterocycles. The number of aromatic nitrogens is 1. The van der Waals surface area contributed by atoms with Crippen LogP contribution < -0.4 is 20.9 Å². The first kappa shape index (κ1) is 27.1. The van der Waals surface area contributed by atoms with Gasteiger partial charge in [0.25, 0.3) is 5.56 Å². The lowest BCUT2D eigenvalue weighted by Gasteiger charge is -2.42. The third kappa shape index (κ3) is 4.31. The number of ether oxygens (including phenoxy) is 1. The van der Waals surface area contributed by atoms with Gasteiger partial charge in [-0.3, -0.25) is 14.2 Å². The number of nitrogens with two attached hydrogens (primary N) is 1. The van der Waals surface area contributed by atoms with Crippen molar-refractivity contribution in [2.24, 2.45) is 0 Å². The van der Waals surface area contributed by atoms with Crippen LogP contribution in [0.4, 0.5) is 15.8 Å². The Balaban J connectivity index is 1.63. The van der Waals surface area contributed by atoms with E-state index in [1.165, 1.54) is 18.2 Å². The fourth-order valence-corrected chi connectivity index (χ4v) is 6.58. The van der Waals surface area contributed by atoms with E-state index in [0.717, 1.165) is 19.5 Å². The number of halogens is 2. The summed E-state index contributed by atoms with van der Waals surface area (Å²) < 4.78 is 23.2. The van der Waals surface area contributed by atoms with Gasteiger partial charge in [-0.15, -0.1) is 0 Å². The summed E-state index contributed by atoms with van der Waals surface area (Å²) >= 11 is 6.90. The maximum atomic E-state index is 15.2. The first-order valence-electron chi connectivity index (χ1n) is 13.7. The fraction of sp³-hybridized carbons (Fsp3) is 0.367. The number of nitrogens with zero attached hydrogens (tertiary/aromatic N) is 5. The summed E-state index contributed by atoms with van der Waals surface area (Å²) in [6.45, 7) is 9.28. The van der Waals surface area contributed by atoms with E-state index in [2.05, 4.69) is 17.5 Å². The molecule has 0 aliphatic carbocycles. The van der Waals surface area contributed by atoms with Crippen LogP contribution in [0.15, 0.2) is 41.7 Å². The number of piperazine rings is 1. The monoisotopic (exact) mass is 576 g/mol. The van der Waals surface area contributed by atoms with Crippen LogP contribution in [0.1, 0.15) is 24.9 Å². The Kier molecular flexibility index (Phi) is 6.88. The molecule has 6 rings (SSSR count). The molecule has 0 bridgehead atoms. The van der Waals surface area contributed by atoms with Crippen molar-refractivity contribution in [2.45, 2.75) is 25.4 Å². The number of pyridine rings is 1. The van der Waals surface area contributed by atoms with Crippen molar-refractivity contribution in [3.05, 3.63) is 63.7 Å². The average molecular weight is 577 g/mol. The summed E-state index contributed by atoms with van der Waals surface area (Å²) in [5, 5.41) is 11.1.